The van der Waals surface area contributed by atoms with E-state index in [0.717, 1.165) is 18.5 Å². The molecule has 0 bridgehead atoms. The van der Waals surface area contributed by atoms with Crippen LogP contribution in [0.4, 0.5) is 4.39 Å². The Morgan fingerprint density at radius 3 is 2.71 bits per heavy atom. The minimum absolute atomic E-state index is 0.261. The molecule has 94 valence electrons. The third-order valence-electron chi connectivity index (χ3n) is 3.88. The van der Waals surface area contributed by atoms with Crippen LogP contribution >= 0.6 is 11.6 Å². The molecule has 1 unspecified atom stereocenters. The molecule has 2 rings (SSSR count). The highest BCUT2D eigenvalue weighted by molar-refractivity contribution is 6.31. The summed E-state index contributed by atoms with van der Waals surface area (Å²) >= 11 is 6.08. The average Bonchev–Trinajstić information content (AvgIpc) is 3.04. The van der Waals surface area contributed by atoms with Gasteiger partial charge in [0, 0.05) is 11.1 Å². The van der Waals surface area contributed by atoms with Crippen LogP contribution in [0.5, 0.6) is 0 Å². The number of rotatable bonds is 5. The van der Waals surface area contributed by atoms with Gasteiger partial charge in [0.2, 0.25) is 0 Å². The van der Waals surface area contributed by atoms with Crippen LogP contribution in [0.15, 0.2) is 18.2 Å². The second-order valence-electron chi connectivity index (χ2n) is 5.05. The maximum Gasteiger partial charge on any atom is 0.124 e. The van der Waals surface area contributed by atoms with Crippen molar-refractivity contribution in [1.29, 1.82) is 0 Å². The Morgan fingerprint density at radius 2 is 2.18 bits per heavy atom. The van der Waals surface area contributed by atoms with E-state index in [1.54, 1.807) is 0 Å². The highest BCUT2D eigenvalue weighted by atomic mass is 35.5. The van der Waals surface area contributed by atoms with Crippen LogP contribution in [0.3, 0.4) is 0 Å². The SMILES string of the molecule is CCNC(C)C1(Cc2ccc(F)cc2Cl)CC1. The van der Waals surface area contributed by atoms with E-state index in [-0.39, 0.29) is 5.82 Å². The fourth-order valence-corrected chi connectivity index (χ4v) is 2.72. The van der Waals surface area contributed by atoms with Gasteiger partial charge in [-0.05, 0) is 55.8 Å². The Balaban J connectivity index is 2.10. The number of benzene rings is 1. The Bertz CT molecular complexity index is 401. The monoisotopic (exact) mass is 255 g/mol. The molecule has 0 aliphatic heterocycles. The van der Waals surface area contributed by atoms with Crippen molar-refractivity contribution in [2.75, 3.05) is 6.54 Å². The molecule has 1 aromatic rings. The molecule has 1 atom stereocenters. The minimum Gasteiger partial charge on any atom is -0.314 e. The molecule has 3 heteroatoms. The second-order valence-corrected chi connectivity index (χ2v) is 5.46. The van der Waals surface area contributed by atoms with E-state index in [2.05, 4.69) is 19.2 Å². The van der Waals surface area contributed by atoms with E-state index in [0.29, 0.717) is 16.5 Å². The van der Waals surface area contributed by atoms with E-state index in [4.69, 9.17) is 11.6 Å². The number of hydrogen-bond acceptors (Lipinski definition) is 1. The van der Waals surface area contributed by atoms with Crippen molar-refractivity contribution in [2.45, 2.75) is 39.2 Å². The molecule has 0 radical (unpaired) electrons. The Hall–Kier alpha value is -0.600. The smallest absolute Gasteiger partial charge is 0.124 e. The first-order valence-corrected chi connectivity index (χ1v) is 6.62. The van der Waals surface area contributed by atoms with Crippen molar-refractivity contribution >= 4 is 11.6 Å². The summed E-state index contributed by atoms with van der Waals surface area (Å²) in [7, 11) is 0. The van der Waals surface area contributed by atoms with Crippen molar-refractivity contribution in [3.63, 3.8) is 0 Å². The zero-order valence-corrected chi connectivity index (χ0v) is 11.1. The van der Waals surface area contributed by atoms with Crippen LogP contribution < -0.4 is 5.32 Å². The van der Waals surface area contributed by atoms with E-state index in [1.165, 1.54) is 25.0 Å². The first-order valence-electron chi connectivity index (χ1n) is 6.25. The van der Waals surface area contributed by atoms with Gasteiger partial charge in [0.05, 0.1) is 0 Å². The van der Waals surface area contributed by atoms with Gasteiger partial charge >= 0.3 is 0 Å². The molecule has 1 aliphatic rings. The average molecular weight is 256 g/mol. The van der Waals surface area contributed by atoms with E-state index in [9.17, 15) is 4.39 Å². The van der Waals surface area contributed by atoms with Gasteiger partial charge in [0.15, 0.2) is 0 Å². The Labute approximate surface area is 107 Å². The Morgan fingerprint density at radius 1 is 1.47 bits per heavy atom. The van der Waals surface area contributed by atoms with Crippen LogP contribution in [0, 0.1) is 11.2 Å². The normalized spacial score (nSPS) is 19.1. The first-order chi connectivity index (χ1) is 8.07. The van der Waals surface area contributed by atoms with Gasteiger partial charge in [0.25, 0.3) is 0 Å². The number of hydrogen-bond donors (Lipinski definition) is 1. The van der Waals surface area contributed by atoms with Crippen molar-refractivity contribution in [1.82, 2.24) is 5.32 Å². The lowest BCUT2D eigenvalue weighted by Gasteiger charge is -2.24. The molecule has 1 fully saturated rings. The van der Waals surface area contributed by atoms with Gasteiger partial charge in [-0.2, -0.15) is 0 Å². The fraction of sp³-hybridized carbons (Fsp3) is 0.571. The quantitative estimate of drug-likeness (QED) is 0.844. The van der Waals surface area contributed by atoms with Gasteiger partial charge < -0.3 is 5.32 Å². The van der Waals surface area contributed by atoms with E-state index < -0.39 is 0 Å². The summed E-state index contributed by atoms with van der Waals surface area (Å²) in [5.41, 5.74) is 1.40. The van der Waals surface area contributed by atoms with Crippen LogP contribution in [0.25, 0.3) is 0 Å². The lowest BCUT2D eigenvalue weighted by atomic mass is 9.89. The fourth-order valence-electron chi connectivity index (χ4n) is 2.49. The topological polar surface area (TPSA) is 12.0 Å². The van der Waals surface area contributed by atoms with Crippen molar-refractivity contribution in [3.8, 4) is 0 Å². The standard InChI is InChI=1S/C14H19ClFN/c1-3-17-10(2)14(6-7-14)9-11-4-5-12(16)8-13(11)15/h4-5,8,10,17H,3,6-7,9H2,1-2H3. The molecular weight excluding hydrogens is 237 g/mol. The van der Waals surface area contributed by atoms with Crippen LogP contribution in [-0.4, -0.2) is 12.6 Å². The highest BCUT2D eigenvalue weighted by Crippen LogP contribution is 2.51. The lowest BCUT2D eigenvalue weighted by molar-refractivity contribution is 0.355. The van der Waals surface area contributed by atoms with Crippen LogP contribution in [0.2, 0.25) is 5.02 Å². The summed E-state index contributed by atoms with van der Waals surface area (Å²) in [6.07, 6.45) is 3.41. The molecular formula is C14H19ClFN. The molecule has 0 saturated heterocycles. The summed E-state index contributed by atoms with van der Waals surface area (Å²) in [5.74, 6) is -0.261. The summed E-state index contributed by atoms with van der Waals surface area (Å²) in [5, 5.41) is 4.04. The van der Waals surface area contributed by atoms with Gasteiger partial charge in [0.1, 0.15) is 5.82 Å². The molecule has 1 N–H and O–H groups in total. The van der Waals surface area contributed by atoms with Crippen LogP contribution in [0.1, 0.15) is 32.3 Å². The first kappa shape index (κ1) is 12.8. The van der Waals surface area contributed by atoms with Gasteiger partial charge in [-0.15, -0.1) is 0 Å². The molecule has 0 amide bonds. The van der Waals surface area contributed by atoms with Crippen LogP contribution in [-0.2, 0) is 6.42 Å². The molecule has 0 aromatic heterocycles. The van der Waals surface area contributed by atoms with Crippen molar-refractivity contribution < 1.29 is 4.39 Å². The molecule has 1 aliphatic carbocycles. The molecule has 1 nitrogen and oxygen atoms in total. The predicted molar refractivity (Wildman–Crippen MR) is 69.9 cm³/mol. The molecule has 0 spiro atoms. The maximum absolute atomic E-state index is 13.0. The number of halogens is 2. The molecule has 17 heavy (non-hydrogen) atoms. The molecule has 1 aromatic carbocycles. The van der Waals surface area contributed by atoms with Crippen molar-refractivity contribution in [3.05, 3.63) is 34.6 Å². The highest BCUT2D eigenvalue weighted by Gasteiger charge is 2.47. The second kappa shape index (κ2) is 4.95. The van der Waals surface area contributed by atoms with Gasteiger partial charge in [-0.1, -0.05) is 24.6 Å². The number of nitrogens with one attached hydrogen (secondary N) is 1. The maximum atomic E-state index is 13.0. The summed E-state index contributed by atoms with van der Waals surface area (Å²) in [4.78, 5) is 0. The van der Waals surface area contributed by atoms with E-state index in [1.807, 2.05) is 6.07 Å². The van der Waals surface area contributed by atoms with Gasteiger partial charge in [-0.3, -0.25) is 0 Å². The zero-order valence-electron chi connectivity index (χ0n) is 10.4. The van der Waals surface area contributed by atoms with E-state index >= 15 is 0 Å². The van der Waals surface area contributed by atoms with Gasteiger partial charge in [-0.25, -0.2) is 4.39 Å². The lowest BCUT2D eigenvalue weighted by Crippen LogP contribution is -2.36. The summed E-state index contributed by atoms with van der Waals surface area (Å²) in [6, 6.07) is 5.21. The third kappa shape index (κ3) is 2.80. The summed E-state index contributed by atoms with van der Waals surface area (Å²) in [6.45, 7) is 5.34. The largest absolute Gasteiger partial charge is 0.314 e. The molecule has 0 heterocycles. The predicted octanol–water partition coefficient (Wildman–Crippen LogP) is 3.80. The minimum atomic E-state index is -0.261. The zero-order chi connectivity index (χ0) is 12.5. The Kier molecular flexibility index (Phi) is 3.74. The summed E-state index contributed by atoms with van der Waals surface area (Å²) < 4.78 is 13.0. The van der Waals surface area contributed by atoms with Crippen molar-refractivity contribution in [2.24, 2.45) is 5.41 Å². The third-order valence-corrected chi connectivity index (χ3v) is 4.23. The molecule has 1 saturated carbocycles.